The van der Waals surface area contributed by atoms with E-state index < -0.39 is 34.9 Å². The topological polar surface area (TPSA) is 166 Å². The Morgan fingerprint density at radius 3 is 2.47 bits per heavy atom. The lowest BCUT2D eigenvalue weighted by Crippen LogP contribution is -2.60. The van der Waals surface area contributed by atoms with Crippen LogP contribution in [-0.2, 0) is 31.1 Å². The molecule has 314 valence electrons. The number of carbonyl (C=O) groups excluding carboxylic acids is 6. The van der Waals surface area contributed by atoms with E-state index >= 15 is 0 Å². The fraction of sp³-hybridized carbons (Fsp3) is 0.333. The molecular weight excluding hydrogens is 827 g/mol. The first kappa shape index (κ1) is 40.1. The zero-order valence-corrected chi connectivity index (χ0v) is 35.1. The van der Waals surface area contributed by atoms with Crippen LogP contribution in [0.5, 0.6) is 0 Å². The molecule has 5 N–H and O–H groups in total. The van der Waals surface area contributed by atoms with E-state index in [0.717, 1.165) is 59.9 Å². The Morgan fingerprint density at radius 2 is 1.68 bits per heavy atom. The second-order valence-electron chi connectivity index (χ2n) is 17.0. The van der Waals surface area contributed by atoms with Crippen molar-refractivity contribution in [2.24, 2.45) is 0 Å². The van der Waals surface area contributed by atoms with Gasteiger partial charge in [0.05, 0.1) is 11.1 Å². The largest absolute Gasteiger partial charge is 0.352 e. The molecule has 6 aliphatic rings. The van der Waals surface area contributed by atoms with Crippen molar-refractivity contribution in [2.45, 2.75) is 93.3 Å². The highest BCUT2D eigenvalue weighted by atomic mass is 35.5. The summed E-state index contributed by atoms with van der Waals surface area (Å²) in [6, 6.07) is 20.0. The van der Waals surface area contributed by atoms with Gasteiger partial charge in [-0.25, -0.2) is 0 Å². The van der Waals surface area contributed by atoms with Crippen LogP contribution in [0, 0.1) is 11.8 Å². The van der Waals surface area contributed by atoms with Gasteiger partial charge in [-0.2, -0.15) is 0 Å². The lowest BCUT2D eigenvalue weighted by Gasteiger charge is -2.46. The van der Waals surface area contributed by atoms with Gasteiger partial charge in [0, 0.05) is 81.6 Å². The smallest absolute Gasteiger partial charge is 0.255 e. The summed E-state index contributed by atoms with van der Waals surface area (Å²) in [5.41, 5.74) is 4.97. The molecule has 0 aromatic heterocycles. The molecule has 6 amide bonds. The summed E-state index contributed by atoms with van der Waals surface area (Å²) in [5, 5.41) is 16.3. The van der Waals surface area contributed by atoms with Gasteiger partial charge in [-0.3, -0.25) is 39.4 Å². The molecule has 4 aromatic carbocycles. The predicted molar refractivity (Wildman–Crippen MR) is 234 cm³/mol. The molecule has 12 nitrogen and oxygen atoms in total. The summed E-state index contributed by atoms with van der Waals surface area (Å²) in [7, 11) is 0. The lowest BCUT2D eigenvalue weighted by atomic mass is 9.56. The van der Waals surface area contributed by atoms with Crippen molar-refractivity contribution in [3.63, 3.8) is 0 Å². The SMILES string of the molecule is O=C1CCC(N2Cc3c(C#CCCCNC(=O)c4ccc(NC(=O)[C@@H]5NC6(CCCCC6)[C@]67C(=O)Nc8cc(Cl)c(cc86)-c6c(Cl)cccc6[C@@H]57)cc4)cccc3C2=O)C(=O)N1. The number of benzene rings is 4. The van der Waals surface area contributed by atoms with Gasteiger partial charge >= 0.3 is 0 Å². The van der Waals surface area contributed by atoms with Crippen LogP contribution in [0.25, 0.3) is 11.1 Å². The number of piperidine rings is 1. The number of nitrogens with one attached hydrogen (secondary N) is 5. The molecule has 4 aliphatic heterocycles. The van der Waals surface area contributed by atoms with Gasteiger partial charge in [-0.1, -0.05) is 72.5 Å². The maximum Gasteiger partial charge on any atom is 0.255 e. The van der Waals surface area contributed by atoms with Gasteiger partial charge in [0.1, 0.15) is 11.5 Å². The quantitative estimate of drug-likeness (QED) is 0.0795. The Hall–Kier alpha value is -6.00. The summed E-state index contributed by atoms with van der Waals surface area (Å²) in [6.45, 7) is 0.629. The number of halogens is 2. The van der Waals surface area contributed by atoms with Gasteiger partial charge in [0.15, 0.2) is 0 Å². The number of anilines is 2. The normalized spacial score (nSPS) is 23.6. The van der Waals surface area contributed by atoms with Gasteiger partial charge in [-0.15, -0.1) is 0 Å². The number of imide groups is 1. The van der Waals surface area contributed by atoms with Gasteiger partial charge < -0.3 is 20.9 Å². The molecule has 62 heavy (non-hydrogen) atoms. The van der Waals surface area contributed by atoms with Crippen molar-refractivity contribution in [3.05, 3.63) is 116 Å². The Labute approximate surface area is 367 Å². The molecule has 2 spiro atoms. The average Bonchev–Trinajstić information content (AvgIpc) is 3.82. The minimum atomic E-state index is -1.07. The molecule has 2 aliphatic carbocycles. The third kappa shape index (κ3) is 6.23. The van der Waals surface area contributed by atoms with Gasteiger partial charge in [0.25, 0.3) is 11.8 Å². The standard InChI is InChI=1S/C48H42Cl2N6O6/c49-34-13-8-12-30-39(34)31-23-33-36(24-35(31)50)53-46(62)48(33)40(30)41(55-47(48)20-4-2-5-21-47)44(60)52-28-16-14-27(15-17-28)42(58)51-22-6-1-3-9-26-10-7-11-29-32(26)25-56(45(29)61)37-18-19-38(57)54-43(37)59/h7-8,10-17,23-24,37,40-41,55H,1-2,4-6,18-22,25H2,(H,51,58)(H,52,60)(H,53,62)(H,54,57,59)/t37?,40-,41+,48+/m0/s1. The molecule has 1 saturated carbocycles. The number of carbonyl (C=O) groups is 6. The average molecular weight is 870 g/mol. The molecular formula is C48H42Cl2N6O6. The van der Waals surface area contributed by atoms with Crippen LogP contribution in [0.15, 0.2) is 72.8 Å². The van der Waals surface area contributed by atoms with E-state index in [0.29, 0.717) is 63.9 Å². The molecule has 3 fully saturated rings. The van der Waals surface area contributed by atoms with Crippen LogP contribution in [0.4, 0.5) is 11.4 Å². The highest BCUT2D eigenvalue weighted by molar-refractivity contribution is 6.37. The minimum Gasteiger partial charge on any atom is -0.352 e. The molecule has 2 saturated heterocycles. The van der Waals surface area contributed by atoms with Crippen molar-refractivity contribution in [1.82, 2.24) is 20.9 Å². The number of unbranched alkanes of at least 4 members (excludes halogenated alkanes) is 1. The van der Waals surface area contributed by atoms with E-state index in [-0.39, 0.29) is 42.5 Å². The van der Waals surface area contributed by atoms with E-state index in [1.54, 1.807) is 36.4 Å². The van der Waals surface area contributed by atoms with Crippen molar-refractivity contribution < 1.29 is 28.8 Å². The Bertz CT molecular complexity index is 2700. The highest BCUT2D eigenvalue weighted by Gasteiger charge is 2.73. The van der Waals surface area contributed by atoms with Crippen molar-refractivity contribution in [2.75, 3.05) is 17.2 Å². The number of fused-ring (bicyclic) bond motifs is 5. The van der Waals surface area contributed by atoms with E-state index in [4.69, 9.17) is 23.2 Å². The van der Waals surface area contributed by atoms with Crippen LogP contribution < -0.4 is 26.6 Å². The highest BCUT2D eigenvalue weighted by Crippen LogP contribution is 2.66. The monoisotopic (exact) mass is 868 g/mol. The number of hydrogen-bond acceptors (Lipinski definition) is 7. The van der Waals surface area contributed by atoms with Crippen molar-refractivity contribution in [3.8, 4) is 23.0 Å². The third-order valence-electron chi connectivity index (χ3n) is 13.7. The minimum absolute atomic E-state index is 0.136. The summed E-state index contributed by atoms with van der Waals surface area (Å²) < 4.78 is 0. The molecule has 4 atom stereocenters. The fourth-order valence-corrected chi connectivity index (χ4v) is 11.6. The molecule has 2 bridgehead atoms. The van der Waals surface area contributed by atoms with Crippen LogP contribution in [-0.4, -0.2) is 64.5 Å². The van der Waals surface area contributed by atoms with Crippen molar-refractivity contribution in [1.29, 1.82) is 0 Å². The molecule has 4 aromatic rings. The first-order valence-electron chi connectivity index (χ1n) is 21.2. The van der Waals surface area contributed by atoms with E-state index in [1.807, 2.05) is 36.4 Å². The fourth-order valence-electron chi connectivity index (χ4n) is 11.0. The number of hydrogen-bond donors (Lipinski definition) is 5. The number of amides is 6. The lowest BCUT2D eigenvalue weighted by molar-refractivity contribution is -0.137. The summed E-state index contributed by atoms with van der Waals surface area (Å²) >= 11 is 13.8. The zero-order chi connectivity index (χ0) is 42.9. The second-order valence-corrected chi connectivity index (χ2v) is 17.9. The second kappa shape index (κ2) is 15.4. The number of nitrogens with zero attached hydrogens (tertiary/aromatic N) is 1. The molecule has 4 heterocycles. The number of rotatable bonds is 7. The maximum atomic E-state index is 14.6. The van der Waals surface area contributed by atoms with Gasteiger partial charge in [0.2, 0.25) is 23.6 Å². The Balaban J connectivity index is 0.801. The Morgan fingerprint density at radius 1 is 0.887 bits per heavy atom. The van der Waals surface area contributed by atoms with Crippen LogP contribution in [0.1, 0.15) is 107 Å². The van der Waals surface area contributed by atoms with E-state index in [1.165, 1.54) is 4.90 Å². The maximum absolute atomic E-state index is 14.6. The van der Waals surface area contributed by atoms with E-state index in [9.17, 15) is 28.8 Å². The third-order valence-corrected chi connectivity index (χ3v) is 14.4. The predicted octanol–water partition coefficient (Wildman–Crippen LogP) is 6.58. The van der Waals surface area contributed by atoms with Crippen LogP contribution in [0.2, 0.25) is 10.0 Å². The van der Waals surface area contributed by atoms with Crippen LogP contribution >= 0.6 is 23.2 Å². The molecule has 1 unspecified atom stereocenters. The summed E-state index contributed by atoms with van der Waals surface area (Å²) in [6.07, 6.45) is 5.92. The first-order valence-corrected chi connectivity index (χ1v) is 21.9. The summed E-state index contributed by atoms with van der Waals surface area (Å²) in [5.74, 6) is 3.99. The Kier molecular flexibility index (Phi) is 9.97. The van der Waals surface area contributed by atoms with Crippen LogP contribution in [0.3, 0.4) is 0 Å². The van der Waals surface area contributed by atoms with E-state index in [2.05, 4.69) is 38.4 Å². The molecule has 14 heteroatoms. The van der Waals surface area contributed by atoms with Crippen molar-refractivity contribution >= 4 is 70.0 Å². The summed E-state index contributed by atoms with van der Waals surface area (Å²) in [4.78, 5) is 81.1. The molecule has 0 radical (unpaired) electrons. The molecule has 10 rings (SSSR count). The first-order chi connectivity index (χ1) is 30.0. The van der Waals surface area contributed by atoms with Gasteiger partial charge in [-0.05, 0) is 97.0 Å². The zero-order valence-electron chi connectivity index (χ0n) is 33.6.